The van der Waals surface area contributed by atoms with Gasteiger partial charge in [0.1, 0.15) is 0 Å². The van der Waals surface area contributed by atoms with E-state index in [1.165, 1.54) is 57.8 Å². The minimum absolute atomic E-state index is 0.502. The second kappa shape index (κ2) is 7.58. The lowest BCUT2D eigenvalue weighted by atomic mass is 9.90. The van der Waals surface area contributed by atoms with Gasteiger partial charge < -0.3 is 4.43 Å². The van der Waals surface area contributed by atoms with E-state index in [1.54, 1.807) is 0 Å². The first-order chi connectivity index (χ1) is 8.08. The Morgan fingerprint density at radius 1 is 1.18 bits per heavy atom. The second-order valence-corrected chi connectivity index (χ2v) is 9.25. The van der Waals surface area contributed by atoms with Crippen molar-refractivity contribution in [2.45, 2.75) is 96.2 Å². The molecule has 0 radical (unpaired) electrons. The zero-order chi connectivity index (χ0) is 12.7. The Bertz CT molecular complexity index is 199. The van der Waals surface area contributed by atoms with Crippen molar-refractivity contribution in [1.82, 2.24) is 0 Å². The summed E-state index contributed by atoms with van der Waals surface area (Å²) in [5, 5.41) is 0.581. The molecule has 2 atom stereocenters. The van der Waals surface area contributed by atoms with Crippen molar-refractivity contribution in [1.29, 1.82) is 0 Å². The lowest BCUT2D eigenvalue weighted by Gasteiger charge is -2.39. The molecule has 2 heteroatoms. The summed E-state index contributed by atoms with van der Waals surface area (Å²) in [7, 11) is -1.01. The molecule has 2 unspecified atom stereocenters. The normalized spacial score (nSPS) is 23.3. The maximum absolute atomic E-state index is 6.38. The number of hydrogen-bond donors (Lipinski definition) is 0. The van der Waals surface area contributed by atoms with E-state index in [0.29, 0.717) is 11.1 Å². The molecule has 0 saturated heterocycles. The molecule has 1 rings (SSSR count). The van der Waals surface area contributed by atoms with Gasteiger partial charge in [-0.1, -0.05) is 52.4 Å². The topological polar surface area (TPSA) is 9.23 Å². The molecule has 1 aliphatic rings. The predicted octanol–water partition coefficient (Wildman–Crippen LogP) is 5.05. The van der Waals surface area contributed by atoms with Crippen molar-refractivity contribution in [2.24, 2.45) is 0 Å². The molecule has 0 aromatic carbocycles. The van der Waals surface area contributed by atoms with Gasteiger partial charge in [-0.25, -0.2) is 0 Å². The third-order valence-electron chi connectivity index (χ3n) is 4.63. The van der Waals surface area contributed by atoms with Crippen LogP contribution >= 0.6 is 0 Å². The average Bonchev–Trinajstić information content (AvgIpc) is 2.30. The number of rotatable bonds is 7. The summed E-state index contributed by atoms with van der Waals surface area (Å²) < 4.78 is 6.38. The highest BCUT2D eigenvalue weighted by Crippen LogP contribution is 2.45. The van der Waals surface area contributed by atoms with Gasteiger partial charge in [0.15, 0.2) is 9.04 Å². The molecule has 0 N–H and O–H groups in total. The number of unbranched alkanes of at least 4 members (excludes halogenated alkanes) is 2. The fourth-order valence-electron chi connectivity index (χ4n) is 3.03. The summed E-state index contributed by atoms with van der Waals surface area (Å²) in [6, 6.07) is 0. The van der Waals surface area contributed by atoms with E-state index in [4.69, 9.17) is 4.43 Å². The van der Waals surface area contributed by atoms with E-state index in [9.17, 15) is 0 Å². The first-order valence-corrected chi connectivity index (χ1v) is 9.94. The van der Waals surface area contributed by atoms with Crippen molar-refractivity contribution >= 4 is 9.04 Å². The minimum Gasteiger partial charge on any atom is -0.417 e. The summed E-state index contributed by atoms with van der Waals surface area (Å²) in [5.41, 5.74) is 0. The molecule has 1 fully saturated rings. The highest BCUT2D eigenvalue weighted by Gasteiger charge is 2.35. The Balaban J connectivity index is 2.28. The van der Waals surface area contributed by atoms with E-state index in [0.717, 1.165) is 0 Å². The van der Waals surface area contributed by atoms with Crippen molar-refractivity contribution in [3.8, 4) is 0 Å². The van der Waals surface area contributed by atoms with E-state index < -0.39 is 9.04 Å². The third-order valence-corrected chi connectivity index (χ3v) is 8.04. The largest absolute Gasteiger partial charge is 0.417 e. The molecule has 102 valence electrons. The first-order valence-electron chi connectivity index (χ1n) is 7.74. The molecule has 0 aromatic rings. The van der Waals surface area contributed by atoms with Crippen LogP contribution in [0.1, 0.15) is 78.6 Å². The van der Waals surface area contributed by atoms with Gasteiger partial charge in [0.2, 0.25) is 0 Å². The first kappa shape index (κ1) is 15.2. The van der Waals surface area contributed by atoms with Gasteiger partial charge in [0.05, 0.1) is 0 Å². The van der Waals surface area contributed by atoms with Crippen LogP contribution in [0.5, 0.6) is 0 Å². The van der Waals surface area contributed by atoms with Crippen LogP contribution in [0.25, 0.3) is 0 Å². The van der Waals surface area contributed by atoms with Crippen LogP contribution in [0.3, 0.4) is 0 Å². The van der Waals surface area contributed by atoms with Crippen molar-refractivity contribution in [3.63, 3.8) is 0 Å². The van der Waals surface area contributed by atoms with E-state index in [-0.39, 0.29) is 0 Å². The van der Waals surface area contributed by atoms with Crippen LogP contribution in [-0.2, 0) is 4.43 Å². The molecular formula is C15H32OSi. The molecule has 1 saturated carbocycles. The van der Waals surface area contributed by atoms with Crippen LogP contribution in [0, 0.1) is 0 Å². The zero-order valence-corrected chi connectivity index (χ0v) is 13.6. The number of hydrogen-bond acceptors (Lipinski definition) is 1. The minimum atomic E-state index is -1.01. The van der Waals surface area contributed by atoms with Crippen LogP contribution in [-0.4, -0.2) is 15.1 Å². The fourth-order valence-corrected chi connectivity index (χ4v) is 5.41. The monoisotopic (exact) mass is 256 g/mol. The molecule has 1 aliphatic carbocycles. The molecule has 0 aromatic heterocycles. The van der Waals surface area contributed by atoms with Crippen LogP contribution < -0.4 is 0 Å². The van der Waals surface area contributed by atoms with Gasteiger partial charge in [0.25, 0.3) is 0 Å². The van der Waals surface area contributed by atoms with Crippen LogP contribution in [0.15, 0.2) is 0 Å². The quantitative estimate of drug-likeness (QED) is 0.457. The molecule has 17 heavy (non-hydrogen) atoms. The lowest BCUT2D eigenvalue weighted by molar-refractivity contribution is 0.187. The fraction of sp³-hybridized carbons (Fsp3) is 1.00. The molecular weight excluding hydrogens is 224 g/mol. The van der Waals surface area contributed by atoms with Gasteiger partial charge in [-0.15, -0.1) is 0 Å². The summed E-state index contributed by atoms with van der Waals surface area (Å²) >= 11 is 0. The molecule has 0 bridgehead atoms. The van der Waals surface area contributed by atoms with Gasteiger partial charge in [-0.2, -0.15) is 0 Å². The maximum atomic E-state index is 6.38. The zero-order valence-electron chi connectivity index (χ0n) is 12.4. The second-order valence-electron chi connectivity index (χ2n) is 6.30. The summed E-state index contributed by atoms with van der Waals surface area (Å²) in [6.45, 7) is 9.47. The SMILES string of the molecule is CCCCCC(C)O[SiH](C)C1(C)CCCCC1. The maximum Gasteiger partial charge on any atom is 0.180 e. The summed E-state index contributed by atoms with van der Waals surface area (Å²) in [6.07, 6.45) is 12.9. The average molecular weight is 257 g/mol. The predicted molar refractivity (Wildman–Crippen MR) is 79.2 cm³/mol. The highest BCUT2D eigenvalue weighted by atomic mass is 28.3. The molecule has 0 heterocycles. The van der Waals surface area contributed by atoms with E-state index in [2.05, 4.69) is 27.3 Å². The van der Waals surface area contributed by atoms with Gasteiger partial charge in [0, 0.05) is 6.10 Å². The van der Waals surface area contributed by atoms with Gasteiger partial charge in [-0.3, -0.25) is 0 Å². The highest BCUT2D eigenvalue weighted by molar-refractivity contribution is 6.54. The van der Waals surface area contributed by atoms with Crippen LogP contribution in [0.4, 0.5) is 0 Å². The van der Waals surface area contributed by atoms with Crippen LogP contribution in [0.2, 0.25) is 11.6 Å². The van der Waals surface area contributed by atoms with Gasteiger partial charge in [-0.05, 0) is 37.8 Å². The standard InChI is InChI=1S/C15H32OSi/c1-5-6-8-11-14(2)16-17(4)15(3)12-9-7-10-13-15/h14,17H,5-13H2,1-4H3. The Kier molecular flexibility index (Phi) is 6.79. The van der Waals surface area contributed by atoms with E-state index >= 15 is 0 Å². The lowest BCUT2D eigenvalue weighted by Crippen LogP contribution is -2.35. The summed E-state index contributed by atoms with van der Waals surface area (Å²) in [4.78, 5) is 0. The third kappa shape index (κ3) is 5.13. The Morgan fingerprint density at radius 3 is 2.41 bits per heavy atom. The van der Waals surface area contributed by atoms with Crippen molar-refractivity contribution in [2.75, 3.05) is 0 Å². The molecule has 0 amide bonds. The van der Waals surface area contributed by atoms with Crippen molar-refractivity contribution < 1.29 is 4.43 Å². The van der Waals surface area contributed by atoms with Gasteiger partial charge >= 0.3 is 0 Å². The molecule has 0 spiro atoms. The Hall–Kier alpha value is 0.177. The summed E-state index contributed by atoms with van der Waals surface area (Å²) in [5.74, 6) is 0. The smallest absolute Gasteiger partial charge is 0.180 e. The Labute approximate surface area is 110 Å². The molecule has 0 aliphatic heterocycles. The molecule has 1 nitrogen and oxygen atoms in total. The van der Waals surface area contributed by atoms with Crippen molar-refractivity contribution in [3.05, 3.63) is 0 Å². The van der Waals surface area contributed by atoms with E-state index in [1.807, 2.05) is 0 Å². The Morgan fingerprint density at radius 2 is 1.82 bits per heavy atom.